The third kappa shape index (κ3) is 9.13. The van der Waals surface area contributed by atoms with Crippen LogP contribution in [-0.2, 0) is 22.5 Å². The van der Waals surface area contributed by atoms with Gasteiger partial charge in [-0.3, -0.25) is 24.4 Å². The Labute approximate surface area is 301 Å². The van der Waals surface area contributed by atoms with Crippen LogP contribution in [0.5, 0.6) is 0 Å². The summed E-state index contributed by atoms with van der Waals surface area (Å²) in [6.45, 7) is 9.45. The number of hydrogen-bond acceptors (Lipinski definition) is 8. The molecule has 0 fully saturated rings. The van der Waals surface area contributed by atoms with Crippen LogP contribution >= 0.6 is 45.9 Å². The molecule has 49 heavy (non-hydrogen) atoms. The second-order valence-corrected chi connectivity index (χ2v) is 13.3. The summed E-state index contributed by atoms with van der Waals surface area (Å²) >= 11 is 14.6. The summed E-state index contributed by atoms with van der Waals surface area (Å²) in [6.07, 6.45) is 3.29. The normalized spacial score (nSPS) is 10.4. The molecule has 0 radical (unpaired) electrons. The molecule has 0 aliphatic rings. The molecule has 0 aliphatic carbocycles. The standard InChI is InChI=1S/C20H16ClNO3S.C18H11ClN2OS/c1-2-25-18(23)12-14-11-17(19(24)16-5-3-4-10-22-16)26-20(14)13-6-8-15(21)9-7-13;1-20-11-13-10-16(17(22)15-4-2-3-9-21-15)23-18(13)12-5-7-14(19)8-6-12/h3-11H,2,12H2,1H3;2-10H,11H2. The van der Waals surface area contributed by atoms with E-state index in [0.717, 1.165) is 32.0 Å². The van der Waals surface area contributed by atoms with Gasteiger partial charge in [-0.2, -0.15) is 0 Å². The van der Waals surface area contributed by atoms with Crippen LogP contribution in [-0.4, -0.2) is 34.1 Å². The summed E-state index contributed by atoms with van der Waals surface area (Å²) in [4.78, 5) is 51.8. The van der Waals surface area contributed by atoms with Crippen molar-refractivity contribution in [2.75, 3.05) is 6.61 Å². The number of carbonyl (C=O) groups excluding carboxylic acids is 3. The Morgan fingerprint density at radius 1 is 0.714 bits per heavy atom. The summed E-state index contributed by atoms with van der Waals surface area (Å²) in [5.41, 5.74) is 4.25. The first-order valence-corrected chi connectivity index (χ1v) is 17.3. The van der Waals surface area contributed by atoms with Crippen molar-refractivity contribution in [1.29, 1.82) is 0 Å². The maximum atomic E-state index is 12.7. The lowest BCUT2D eigenvalue weighted by molar-refractivity contribution is -0.142. The van der Waals surface area contributed by atoms with Crippen LogP contribution in [0.3, 0.4) is 0 Å². The summed E-state index contributed by atoms with van der Waals surface area (Å²) < 4.78 is 5.06. The first-order chi connectivity index (χ1) is 23.8. The van der Waals surface area contributed by atoms with Crippen molar-refractivity contribution in [2.45, 2.75) is 19.9 Å². The third-order valence-electron chi connectivity index (χ3n) is 6.96. The number of ketones is 2. The molecule has 4 aromatic heterocycles. The second-order valence-electron chi connectivity index (χ2n) is 10.3. The van der Waals surface area contributed by atoms with E-state index in [1.807, 2.05) is 24.3 Å². The smallest absolute Gasteiger partial charge is 0.310 e. The first-order valence-electron chi connectivity index (χ1n) is 14.9. The second kappa shape index (κ2) is 16.9. The van der Waals surface area contributed by atoms with E-state index in [0.29, 0.717) is 37.8 Å². The lowest BCUT2D eigenvalue weighted by Crippen LogP contribution is -2.07. The summed E-state index contributed by atoms with van der Waals surface area (Å²) in [5, 5.41) is 1.28. The van der Waals surface area contributed by atoms with Gasteiger partial charge < -0.3 is 9.58 Å². The van der Waals surface area contributed by atoms with E-state index in [1.54, 1.807) is 92.1 Å². The Morgan fingerprint density at radius 2 is 1.18 bits per heavy atom. The van der Waals surface area contributed by atoms with Crippen LogP contribution in [0.25, 0.3) is 25.7 Å². The zero-order valence-corrected chi connectivity index (χ0v) is 29.2. The van der Waals surface area contributed by atoms with Crippen LogP contribution in [0, 0.1) is 6.57 Å². The zero-order chi connectivity index (χ0) is 34.8. The number of ether oxygens (including phenoxy) is 1. The van der Waals surface area contributed by atoms with Gasteiger partial charge in [-0.25, -0.2) is 6.57 Å². The molecule has 2 aromatic carbocycles. The minimum atomic E-state index is -0.322. The Morgan fingerprint density at radius 3 is 1.61 bits per heavy atom. The van der Waals surface area contributed by atoms with Gasteiger partial charge in [0.25, 0.3) is 0 Å². The quantitative estimate of drug-likeness (QED) is 0.0794. The van der Waals surface area contributed by atoms with Crippen molar-refractivity contribution in [1.82, 2.24) is 9.97 Å². The van der Waals surface area contributed by atoms with Crippen molar-refractivity contribution in [3.05, 3.63) is 163 Å². The van der Waals surface area contributed by atoms with E-state index in [1.165, 1.54) is 22.7 Å². The molecule has 0 spiro atoms. The van der Waals surface area contributed by atoms with Gasteiger partial charge in [0, 0.05) is 37.8 Å². The van der Waals surface area contributed by atoms with Crippen molar-refractivity contribution >= 4 is 63.4 Å². The molecular weight excluding hydrogens is 697 g/mol. The minimum Gasteiger partial charge on any atom is -0.466 e. The highest BCUT2D eigenvalue weighted by Gasteiger charge is 2.21. The average molecular weight is 725 g/mol. The Balaban J connectivity index is 0.000000192. The SMILES string of the molecule is CCOC(=O)Cc1cc(C(=O)c2ccccn2)sc1-c1ccc(Cl)cc1.[C-]#[N+]Cc1cc(C(=O)c2ccccn2)sc1-c1ccc(Cl)cc1. The molecule has 6 aromatic rings. The average Bonchev–Trinajstić information content (AvgIpc) is 3.74. The minimum absolute atomic E-state index is 0.109. The number of halogens is 2. The van der Waals surface area contributed by atoms with E-state index in [4.69, 9.17) is 34.5 Å². The molecule has 0 saturated heterocycles. The van der Waals surface area contributed by atoms with Crippen LogP contribution in [0.15, 0.2) is 109 Å². The number of aromatic nitrogens is 2. The Bertz CT molecular complexity index is 2110. The fraction of sp³-hybridized carbons (Fsp3) is 0.105. The number of hydrogen-bond donors (Lipinski definition) is 0. The van der Waals surface area contributed by atoms with E-state index >= 15 is 0 Å². The van der Waals surface area contributed by atoms with Gasteiger partial charge in [-0.05, 0) is 84.3 Å². The van der Waals surface area contributed by atoms with Gasteiger partial charge in [-0.15, -0.1) is 22.7 Å². The number of thiophene rings is 2. The molecule has 4 heterocycles. The Hall–Kier alpha value is -4.98. The van der Waals surface area contributed by atoms with Gasteiger partial charge in [0.05, 0.1) is 22.8 Å². The molecule has 6 rings (SSSR count). The van der Waals surface area contributed by atoms with Crippen LogP contribution in [0.1, 0.15) is 48.8 Å². The molecule has 0 N–H and O–H groups in total. The van der Waals surface area contributed by atoms with Gasteiger partial charge in [0.15, 0.2) is 0 Å². The maximum absolute atomic E-state index is 12.7. The van der Waals surface area contributed by atoms with E-state index in [2.05, 4.69) is 14.8 Å². The number of pyridine rings is 2. The number of carbonyl (C=O) groups is 3. The van der Waals surface area contributed by atoms with Gasteiger partial charge in [0.2, 0.25) is 18.1 Å². The van der Waals surface area contributed by atoms with Crippen LogP contribution < -0.4 is 0 Å². The number of esters is 1. The van der Waals surface area contributed by atoms with Crippen molar-refractivity contribution in [3.63, 3.8) is 0 Å². The van der Waals surface area contributed by atoms with Crippen LogP contribution in [0.2, 0.25) is 10.0 Å². The lowest BCUT2D eigenvalue weighted by atomic mass is 10.1. The van der Waals surface area contributed by atoms with Crippen molar-refractivity contribution in [3.8, 4) is 20.9 Å². The van der Waals surface area contributed by atoms with Gasteiger partial charge in [0.1, 0.15) is 11.4 Å². The third-order valence-corrected chi connectivity index (χ3v) is 9.92. The lowest BCUT2D eigenvalue weighted by Gasteiger charge is -2.04. The molecule has 244 valence electrons. The molecule has 0 aliphatic heterocycles. The number of rotatable bonds is 10. The molecule has 0 saturated carbocycles. The molecule has 0 bridgehead atoms. The Kier molecular flexibility index (Phi) is 12.2. The number of nitrogens with zero attached hydrogens (tertiary/aromatic N) is 3. The fourth-order valence-corrected chi connectivity index (χ4v) is 7.23. The molecule has 11 heteroatoms. The topological polar surface area (TPSA) is 90.6 Å². The van der Waals surface area contributed by atoms with Gasteiger partial charge >= 0.3 is 5.97 Å². The molecular formula is C38H27Cl2N3O4S2. The highest BCUT2D eigenvalue weighted by molar-refractivity contribution is 7.18. The highest BCUT2D eigenvalue weighted by Crippen LogP contribution is 2.36. The van der Waals surface area contributed by atoms with E-state index in [9.17, 15) is 14.4 Å². The zero-order valence-electron chi connectivity index (χ0n) is 26.1. The van der Waals surface area contributed by atoms with Crippen molar-refractivity contribution < 1.29 is 19.1 Å². The summed E-state index contributed by atoms with van der Waals surface area (Å²) in [6, 6.07) is 28.7. The predicted octanol–water partition coefficient (Wildman–Crippen LogP) is 9.91. The largest absolute Gasteiger partial charge is 0.466 e. The number of benzene rings is 2. The highest BCUT2D eigenvalue weighted by atomic mass is 35.5. The van der Waals surface area contributed by atoms with Gasteiger partial charge in [-0.1, -0.05) is 59.6 Å². The van der Waals surface area contributed by atoms with Crippen LogP contribution in [0.4, 0.5) is 0 Å². The molecule has 0 amide bonds. The van der Waals surface area contributed by atoms with E-state index in [-0.39, 0.29) is 30.5 Å². The fourth-order valence-electron chi connectivity index (χ4n) is 4.72. The van der Waals surface area contributed by atoms with E-state index < -0.39 is 0 Å². The predicted molar refractivity (Wildman–Crippen MR) is 196 cm³/mol. The molecule has 0 atom stereocenters. The molecule has 7 nitrogen and oxygen atoms in total. The molecule has 0 unspecified atom stereocenters. The maximum Gasteiger partial charge on any atom is 0.310 e. The summed E-state index contributed by atoms with van der Waals surface area (Å²) in [5.74, 6) is -0.611. The monoisotopic (exact) mass is 723 g/mol. The first kappa shape index (κ1) is 35.3. The summed E-state index contributed by atoms with van der Waals surface area (Å²) in [7, 11) is 0. The van der Waals surface area contributed by atoms with Crippen molar-refractivity contribution in [2.24, 2.45) is 0 Å².